The molecule has 1 aliphatic rings. The summed E-state index contributed by atoms with van der Waals surface area (Å²) < 4.78 is 0. The minimum Gasteiger partial charge on any atom is -0.354 e. The third kappa shape index (κ3) is 2.72. The molecule has 0 bridgehead atoms. The molecule has 1 heterocycles. The van der Waals surface area contributed by atoms with Crippen molar-refractivity contribution in [1.82, 2.24) is 10.3 Å². The number of nitrogens with one attached hydrogen (secondary N) is 2. The number of carbonyl (C=O) groups excluding carboxylic acids is 1. The molecule has 0 saturated heterocycles. The van der Waals surface area contributed by atoms with E-state index in [1.165, 1.54) is 27.8 Å². The molecule has 0 spiro atoms. The molecule has 0 aliphatic heterocycles. The van der Waals surface area contributed by atoms with Crippen LogP contribution in [0.25, 0.3) is 22.2 Å². The average molecular weight is 352 g/mol. The van der Waals surface area contributed by atoms with Crippen molar-refractivity contribution in [3.63, 3.8) is 0 Å². The Hall–Kier alpha value is -3.33. The Bertz CT molecular complexity index is 1110. The van der Waals surface area contributed by atoms with Crippen molar-refractivity contribution in [2.75, 3.05) is 0 Å². The van der Waals surface area contributed by atoms with Gasteiger partial charge in [-0.1, -0.05) is 60.7 Å². The van der Waals surface area contributed by atoms with Gasteiger partial charge in [0, 0.05) is 22.2 Å². The minimum absolute atomic E-state index is 0.0140. The number of hydrogen-bond acceptors (Lipinski definition) is 1. The summed E-state index contributed by atoms with van der Waals surface area (Å²) in [6.07, 6.45) is 1.85. The highest BCUT2D eigenvalue weighted by Crippen LogP contribution is 2.40. The van der Waals surface area contributed by atoms with E-state index >= 15 is 0 Å². The summed E-state index contributed by atoms with van der Waals surface area (Å²) in [6, 6.07) is 26.3. The summed E-state index contributed by atoms with van der Waals surface area (Å²) in [5.41, 5.74) is 6.82. The van der Waals surface area contributed by atoms with Gasteiger partial charge in [0.25, 0.3) is 5.91 Å². The maximum absolute atomic E-state index is 12.7. The van der Waals surface area contributed by atoms with E-state index in [0.717, 1.165) is 18.4 Å². The van der Waals surface area contributed by atoms with Crippen LogP contribution >= 0.6 is 0 Å². The molecular weight excluding hydrogens is 332 g/mol. The predicted molar refractivity (Wildman–Crippen MR) is 109 cm³/mol. The third-order valence-electron chi connectivity index (χ3n) is 5.42. The van der Waals surface area contributed by atoms with E-state index in [9.17, 15) is 4.79 Å². The van der Waals surface area contributed by atoms with E-state index in [2.05, 4.69) is 52.8 Å². The second kappa shape index (κ2) is 6.44. The quantitative estimate of drug-likeness (QED) is 0.519. The Balaban J connectivity index is 1.55. The van der Waals surface area contributed by atoms with Crippen LogP contribution in [0.4, 0.5) is 0 Å². The molecule has 3 nitrogen and oxygen atoms in total. The first-order valence-electron chi connectivity index (χ1n) is 9.36. The lowest BCUT2D eigenvalue weighted by Gasteiger charge is -2.25. The van der Waals surface area contributed by atoms with Crippen molar-refractivity contribution in [3.05, 3.63) is 95.6 Å². The topological polar surface area (TPSA) is 44.9 Å². The molecule has 4 aromatic rings. The maximum Gasteiger partial charge on any atom is 0.251 e. The number of benzene rings is 3. The summed E-state index contributed by atoms with van der Waals surface area (Å²) >= 11 is 0. The Morgan fingerprint density at radius 2 is 1.63 bits per heavy atom. The molecule has 1 unspecified atom stereocenters. The Morgan fingerprint density at radius 3 is 2.41 bits per heavy atom. The van der Waals surface area contributed by atoms with Gasteiger partial charge >= 0.3 is 0 Å². The van der Waals surface area contributed by atoms with Crippen LogP contribution < -0.4 is 5.32 Å². The summed E-state index contributed by atoms with van der Waals surface area (Å²) in [5.74, 6) is -0.0140. The second-order valence-corrected chi connectivity index (χ2v) is 7.05. The molecule has 0 radical (unpaired) electrons. The van der Waals surface area contributed by atoms with Crippen LogP contribution in [0.15, 0.2) is 78.9 Å². The van der Waals surface area contributed by atoms with Gasteiger partial charge in [-0.15, -0.1) is 0 Å². The number of aryl methyl sites for hydroxylation is 1. The van der Waals surface area contributed by atoms with Crippen molar-refractivity contribution in [2.45, 2.75) is 18.9 Å². The fourth-order valence-electron chi connectivity index (χ4n) is 4.16. The molecule has 1 amide bonds. The van der Waals surface area contributed by atoms with Crippen molar-refractivity contribution in [1.29, 1.82) is 0 Å². The Morgan fingerprint density at radius 1 is 0.889 bits per heavy atom. The fourth-order valence-corrected chi connectivity index (χ4v) is 4.16. The second-order valence-electron chi connectivity index (χ2n) is 7.05. The third-order valence-corrected chi connectivity index (χ3v) is 5.42. The predicted octanol–water partition coefficient (Wildman–Crippen LogP) is 5.25. The van der Waals surface area contributed by atoms with E-state index < -0.39 is 0 Å². The molecule has 27 heavy (non-hydrogen) atoms. The molecule has 1 atom stereocenters. The average Bonchev–Trinajstić information content (AvgIpc) is 3.11. The number of rotatable bonds is 3. The normalized spacial score (nSPS) is 15.6. The van der Waals surface area contributed by atoms with E-state index in [1.54, 1.807) is 0 Å². The number of aromatic nitrogens is 1. The molecule has 3 heteroatoms. The standard InChI is InChI=1S/C24H20N2O/c27-24(17-10-5-2-6-11-17)26-20-15-14-19-22-18(20)12-7-13-21(22)25-23(19)16-8-3-1-4-9-16/h1-13,20,25H,14-15H2,(H,26,27). The SMILES string of the molecule is O=C(NC1CCc2c(-c3ccccc3)[nH]c3cccc1c23)c1ccccc1. The highest BCUT2D eigenvalue weighted by molar-refractivity contribution is 5.97. The van der Waals surface area contributed by atoms with Gasteiger partial charge in [-0.05, 0) is 47.7 Å². The molecule has 3 aromatic carbocycles. The van der Waals surface area contributed by atoms with Gasteiger partial charge in [0.05, 0.1) is 6.04 Å². The highest BCUT2D eigenvalue weighted by atomic mass is 16.1. The molecule has 2 N–H and O–H groups in total. The zero-order valence-electron chi connectivity index (χ0n) is 14.9. The van der Waals surface area contributed by atoms with Crippen LogP contribution in [0, 0.1) is 0 Å². The Kier molecular flexibility index (Phi) is 3.79. The van der Waals surface area contributed by atoms with Crippen molar-refractivity contribution in [2.24, 2.45) is 0 Å². The smallest absolute Gasteiger partial charge is 0.251 e. The molecule has 5 rings (SSSR count). The first-order valence-corrected chi connectivity index (χ1v) is 9.36. The van der Waals surface area contributed by atoms with Gasteiger partial charge in [-0.25, -0.2) is 0 Å². The van der Waals surface area contributed by atoms with Crippen LogP contribution in [0.5, 0.6) is 0 Å². The molecule has 1 aromatic heterocycles. The van der Waals surface area contributed by atoms with E-state index in [1.807, 2.05) is 36.4 Å². The van der Waals surface area contributed by atoms with Crippen LogP contribution in [-0.4, -0.2) is 10.9 Å². The van der Waals surface area contributed by atoms with Gasteiger partial charge in [0.15, 0.2) is 0 Å². The molecule has 132 valence electrons. The van der Waals surface area contributed by atoms with Crippen molar-refractivity contribution in [3.8, 4) is 11.3 Å². The first-order chi connectivity index (χ1) is 13.3. The van der Waals surface area contributed by atoms with Crippen molar-refractivity contribution < 1.29 is 4.79 Å². The lowest BCUT2D eigenvalue weighted by Crippen LogP contribution is -2.30. The van der Waals surface area contributed by atoms with Gasteiger partial charge < -0.3 is 10.3 Å². The lowest BCUT2D eigenvalue weighted by atomic mass is 9.86. The van der Waals surface area contributed by atoms with Crippen LogP contribution in [0.3, 0.4) is 0 Å². The minimum atomic E-state index is -0.0140. The maximum atomic E-state index is 12.7. The van der Waals surface area contributed by atoms with E-state index in [-0.39, 0.29) is 11.9 Å². The van der Waals surface area contributed by atoms with E-state index in [0.29, 0.717) is 5.56 Å². The van der Waals surface area contributed by atoms with Gasteiger partial charge in [-0.2, -0.15) is 0 Å². The van der Waals surface area contributed by atoms with Crippen molar-refractivity contribution >= 4 is 16.8 Å². The number of aromatic amines is 1. The van der Waals surface area contributed by atoms with E-state index in [4.69, 9.17) is 0 Å². The zero-order chi connectivity index (χ0) is 18.2. The summed E-state index contributed by atoms with van der Waals surface area (Å²) in [5, 5.41) is 4.50. The number of amides is 1. The fraction of sp³-hybridized carbons (Fsp3) is 0.125. The molecule has 1 aliphatic carbocycles. The van der Waals surface area contributed by atoms with Crippen LogP contribution in [0.2, 0.25) is 0 Å². The zero-order valence-corrected chi connectivity index (χ0v) is 14.9. The number of H-pyrrole nitrogens is 1. The molecule has 0 fully saturated rings. The largest absolute Gasteiger partial charge is 0.354 e. The summed E-state index contributed by atoms with van der Waals surface area (Å²) in [7, 11) is 0. The van der Waals surface area contributed by atoms with Gasteiger partial charge in [0.2, 0.25) is 0 Å². The lowest BCUT2D eigenvalue weighted by molar-refractivity contribution is 0.0934. The van der Waals surface area contributed by atoms with Crippen LogP contribution in [0.1, 0.15) is 33.9 Å². The number of carbonyl (C=O) groups is 1. The summed E-state index contributed by atoms with van der Waals surface area (Å²) in [4.78, 5) is 16.3. The van der Waals surface area contributed by atoms with Crippen LogP contribution in [-0.2, 0) is 6.42 Å². The molecule has 0 saturated carbocycles. The Labute approximate surface area is 158 Å². The monoisotopic (exact) mass is 352 g/mol. The molecular formula is C24H20N2O. The summed E-state index contributed by atoms with van der Waals surface area (Å²) in [6.45, 7) is 0. The first kappa shape index (κ1) is 15.9. The van der Waals surface area contributed by atoms with Gasteiger partial charge in [-0.3, -0.25) is 4.79 Å². The highest BCUT2D eigenvalue weighted by Gasteiger charge is 2.27. The number of hydrogen-bond donors (Lipinski definition) is 2. The van der Waals surface area contributed by atoms with Gasteiger partial charge in [0.1, 0.15) is 0 Å².